The summed E-state index contributed by atoms with van der Waals surface area (Å²) < 4.78 is 1.10. The van der Waals surface area contributed by atoms with Gasteiger partial charge in [0, 0.05) is 10.2 Å². The van der Waals surface area contributed by atoms with E-state index in [1.165, 1.54) is 5.56 Å². The molecule has 2 rings (SSSR count). The van der Waals surface area contributed by atoms with Crippen LogP contribution in [0.2, 0.25) is 10.0 Å². The maximum absolute atomic E-state index is 6.11. The Kier molecular flexibility index (Phi) is 5.36. The fourth-order valence-corrected chi connectivity index (χ4v) is 2.78. The third kappa shape index (κ3) is 3.49. The summed E-state index contributed by atoms with van der Waals surface area (Å²) in [5, 5.41) is 4.73. The molecule has 1 nitrogen and oxygen atoms in total. The quantitative estimate of drug-likeness (QED) is 0.635. The van der Waals surface area contributed by atoms with Crippen molar-refractivity contribution in [3.8, 4) is 0 Å². The second-order valence-electron chi connectivity index (χ2n) is 4.72. The van der Waals surface area contributed by atoms with Gasteiger partial charge in [0.1, 0.15) is 0 Å². The van der Waals surface area contributed by atoms with Gasteiger partial charge in [0.15, 0.2) is 0 Å². The van der Waals surface area contributed by atoms with E-state index in [1.807, 2.05) is 24.3 Å². The molecule has 0 amide bonds. The Morgan fingerprint density at radius 2 is 1.90 bits per heavy atom. The van der Waals surface area contributed by atoms with Crippen molar-refractivity contribution in [2.24, 2.45) is 0 Å². The second kappa shape index (κ2) is 6.84. The highest BCUT2D eigenvalue weighted by atomic mass is 79.9. The molecule has 106 valence electrons. The van der Waals surface area contributed by atoms with E-state index < -0.39 is 0 Å². The number of hydrogen-bond donors (Lipinski definition) is 1. The number of benzene rings is 2. The number of anilines is 1. The summed E-state index contributed by atoms with van der Waals surface area (Å²) in [4.78, 5) is 0. The first-order valence-corrected chi connectivity index (χ1v) is 8.04. The van der Waals surface area contributed by atoms with E-state index in [0.717, 1.165) is 22.1 Å². The van der Waals surface area contributed by atoms with Crippen molar-refractivity contribution in [2.75, 3.05) is 5.32 Å². The molecule has 0 bridgehead atoms. The fourth-order valence-electron chi connectivity index (χ4n) is 2.10. The summed E-state index contributed by atoms with van der Waals surface area (Å²) in [6.45, 7) is 4.22. The van der Waals surface area contributed by atoms with Crippen molar-refractivity contribution in [3.63, 3.8) is 0 Å². The maximum Gasteiger partial charge on any atom is 0.0595 e. The van der Waals surface area contributed by atoms with Gasteiger partial charge in [0.05, 0.1) is 16.1 Å². The zero-order valence-electron chi connectivity index (χ0n) is 11.4. The summed E-state index contributed by atoms with van der Waals surface area (Å²) in [5.41, 5.74) is 3.43. The van der Waals surface area contributed by atoms with E-state index >= 15 is 0 Å². The highest BCUT2D eigenvalue weighted by molar-refractivity contribution is 9.10. The molecule has 1 atom stereocenters. The van der Waals surface area contributed by atoms with Gasteiger partial charge in [-0.25, -0.2) is 0 Å². The molecule has 0 saturated heterocycles. The molecular formula is C16H16BrCl2N. The largest absolute Gasteiger partial charge is 0.377 e. The van der Waals surface area contributed by atoms with Gasteiger partial charge in [0.2, 0.25) is 0 Å². The number of hydrogen-bond acceptors (Lipinski definition) is 1. The van der Waals surface area contributed by atoms with E-state index in [9.17, 15) is 0 Å². The smallest absolute Gasteiger partial charge is 0.0595 e. The van der Waals surface area contributed by atoms with E-state index in [-0.39, 0.29) is 6.04 Å². The molecule has 1 N–H and O–H groups in total. The Balaban J connectivity index is 2.28. The molecule has 1 unspecified atom stereocenters. The molecule has 20 heavy (non-hydrogen) atoms. The molecule has 2 aromatic carbocycles. The van der Waals surface area contributed by atoms with Gasteiger partial charge < -0.3 is 5.32 Å². The van der Waals surface area contributed by atoms with Crippen LogP contribution < -0.4 is 5.32 Å². The lowest BCUT2D eigenvalue weighted by molar-refractivity contribution is 0.749. The molecule has 0 aliphatic heterocycles. The summed E-state index contributed by atoms with van der Waals surface area (Å²) in [6, 6.07) is 12.2. The predicted octanol–water partition coefficient (Wildman–Crippen LogP) is 6.63. The Morgan fingerprint density at radius 3 is 2.55 bits per heavy atom. The summed E-state index contributed by atoms with van der Waals surface area (Å²) in [7, 11) is 0. The van der Waals surface area contributed by atoms with E-state index in [1.54, 1.807) is 0 Å². The molecule has 0 fully saturated rings. The lowest BCUT2D eigenvalue weighted by Crippen LogP contribution is -2.10. The Bertz CT molecular complexity index is 613. The van der Waals surface area contributed by atoms with Crippen molar-refractivity contribution >= 4 is 44.8 Å². The topological polar surface area (TPSA) is 12.0 Å². The average molecular weight is 373 g/mol. The van der Waals surface area contributed by atoms with Crippen LogP contribution in [0.25, 0.3) is 0 Å². The van der Waals surface area contributed by atoms with Crippen molar-refractivity contribution in [3.05, 3.63) is 62.0 Å². The van der Waals surface area contributed by atoms with E-state index in [0.29, 0.717) is 10.0 Å². The average Bonchev–Trinajstić information content (AvgIpc) is 2.44. The predicted molar refractivity (Wildman–Crippen MR) is 92.0 cm³/mol. The van der Waals surface area contributed by atoms with Gasteiger partial charge in [-0.1, -0.05) is 48.3 Å². The molecule has 2 aromatic rings. The molecule has 0 aliphatic rings. The standard InChI is InChI=1S/C16H16BrCl2N/c1-3-14(11-7-8-12(18)13(19)9-11)20-15-6-4-5-10(2)16(15)17/h4-9,14,20H,3H2,1-2H3. The molecule has 0 radical (unpaired) electrons. The molecule has 0 aliphatic carbocycles. The summed E-state index contributed by atoms with van der Waals surface area (Å²) in [6.07, 6.45) is 0.957. The van der Waals surface area contributed by atoms with Crippen LogP contribution in [0.4, 0.5) is 5.69 Å². The fraction of sp³-hybridized carbons (Fsp3) is 0.250. The lowest BCUT2D eigenvalue weighted by Gasteiger charge is -2.21. The monoisotopic (exact) mass is 371 g/mol. The van der Waals surface area contributed by atoms with Crippen molar-refractivity contribution in [1.82, 2.24) is 0 Å². The van der Waals surface area contributed by atoms with E-state index in [2.05, 4.69) is 47.2 Å². The van der Waals surface area contributed by atoms with Crippen molar-refractivity contribution in [2.45, 2.75) is 26.3 Å². The Hall–Kier alpha value is -0.700. The number of nitrogens with one attached hydrogen (secondary N) is 1. The molecule has 0 spiro atoms. The first kappa shape index (κ1) is 15.7. The Morgan fingerprint density at radius 1 is 1.15 bits per heavy atom. The van der Waals surface area contributed by atoms with Gasteiger partial charge in [-0.3, -0.25) is 0 Å². The van der Waals surface area contributed by atoms with Crippen LogP contribution in [-0.2, 0) is 0 Å². The maximum atomic E-state index is 6.11. The van der Waals surface area contributed by atoms with Crippen LogP contribution in [0.15, 0.2) is 40.9 Å². The highest BCUT2D eigenvalue weighted by Crippen LogP contribution is 2.32. The second-order valence-corrected chi connectivity index (χ2v) is 6.32. The lowest BCUT2D eigenvalue weighted by atomic mass is 10.0. The van der Waals surface area contributed by atoms with Crippen LogP contribution >= 0.6 is 39.1 Å². The number of rotatable bonds is 4. The first-order valence-electron chi connectivity index (χ1n) is 6.49. The Labute approximate surface area is 138 Å². The minimum Gasteiger partial charge on any atom is -0.377 e. The van der Waals surface area contributed by atoms with Crippen LogP contribution in [-0.4, -0.2) is 0 Å². The van der Waals surface area contributed by atoms with Crippen LogP contribution in [0, 0.1) is 6.92 Å². The van der Waals surface area contributed by atoms with Gasteiger partial charge in [-0.15, -0.1) is 0 Å². The molecule has 0 heterocycles. The van der Waals surface area contributed by atoms with Gasteiger partial charge in [-0.05, 0) is 58.6 Å². The van der Waals surface area contributed by atoms with E-state index in [4.69, 9.17) is 23.2 Å². The zero-order chi connectivity index (χ0) is 14.7. The first-order chi connectivity index (χ1) is 9.52. The number of aryl methyl sites for hydroxylation is 1. The van der Waals surface area contributed by atoms with Crippen LogP contribution in [0.1, 0.15) is 30.5 Å². The molecule has 0 aromatic heterocycles. The zero-order valence-corrected chi connectivity index (χ0v) is 14.5. The van der Waals surface area contributed by atoms with Crippen LogP contribution in [0.3, 0.4) is 0 Å². The van der Waals surface area contributed by atoms with Crippen molar-refractivity contribution in [1.29, 1.82) is 0 Å². The van der Waals surface area contributed by atoms with Gasteiger partial charge in [-0.2, -0.15) is 0 Å². The van der Waals surface area contributed by atoms with Gasteiger partial charge >= 0.3 is 0 Å². The highest BCUT2D eigenvalue weighted by Gasteiger charge is 2.12. The molecule has 4 heteroatoms. The molecule has 0 saturated carbocycles. The normalized spacial score (nSPS) is 12.2. The summed E-state index contributed by atoms with van der Waals surface area (Å²) in [5.74, 6) is 0. The van der Waals surface area contributed by atoms with Crippen LogP contribution in [0.5, 0.6) is 0 Å². The van der Waals surface area contributed by atoms with Gasteiger partial charge in [0.25, 0.3) is 0 Å². The minimum absolute atomic E-state index is 0.197. The molecular weight excluding hydrogens is 357 g/mol. The third-order valence-corrected chi connectivity index (χ3v) is 5.07. The summed E-state index contributed by atoms with van der Waals surface area (Å²) >= 11 is 15.7. The number of halogens is 3. The van der Waals surface area contributed by atoms with Crippen molar-refractivity contribution < 1.29 is 0 Å². The third-order valence-electron chi connectivity index (χ3n) is 3.28. The minimum atomic E-state index is 0.197. The SMILES string of the molecule is CCC(Nc1cccc(C)c1Br)c1ccc(Cl)c(Cl)c1.